The first kappa shape index (κ1) is 27.1. The van der Waals surface area contributed by atoms with Crippen LogP contribution in [0.5, 0.6) is 0 Å². The summed E-state index contributed by atoms with van der Waals surface area (Å²) in [6, 6.07) is 1.93. The average Bonchev–Trinajstić information content (AvgIpc) is 3.45. The van der Waals surface area contributed by atoms with Gasteiger partial charge in [0.05, 0.1) is 43.8 Å². The normalized spacial score (nSPS) is 18.1. The number of rotatable bonds is 9. The van der Waals surface area contributed by atoms with Gasteiger partial charge in [0.25, 0.3) is 11.8 Å². The second kappa shape index (κ2) is 12.0. The number of anilines is 2. The fourth-order valence-electron chi connectivity index (χ4n) is 4.01. The van der Waals surface area contributed by atoms with Gasteiger partial charge in [-0.3, -0.25) is 19.5 Å². The molecule has 2 saturated heterocycles. The van der Waals surface area contributed by atoms with E-state index in [2.05, 4.69) is 26.2 Å². The van der Waals surface area contributed by atoms with Gasteiger partial charge in [-0.15, -0.1) is 0 Å². The number of nitrogens with zero attached hydrogens (tertiary/aromatic N) is 5. The lowest BCUT2D eigenvalue weighted by Gasteiger charge is -2.25. The van der Waals surface area contributed by atoms with Crippen LogP contribution in [0.2, 0.25) is 0 Å². The molecule has 4 rings (SSSR count). The number of hydrogen-bond donors (Lipinski definition) is 4. The predicted molar refractivity (Wildman–Crippen MR) is 123 cm³/mol. The van der Waals surface area contributed by atoms with Crippen LogP contribution in [0.15, 0.2) is 18.3 Å². The topological polar surface area (TPSA) is 148 Å². The molecular weight excluding hydrogens is 518 g/mol. The van der Waals surface area contributed by atoms with Crippen molar-refractivity contribution in [2.45, 2.75) is 19.1 Å². The monoisotopic (exact) mass is 543 g/mol. The average molecular weight is 543 g/mol. The van der Waals surface area contributed by atoms with E-state index in [1.54, 1.807) is 0 Å². The molecule has 3 amide bonds. The molecule has 4 N–H and O–H groups in total. The molecule has 0 unspecified atom stereocenters. The van der Waals surface area contributed by atoms with Gasteiger partial charge >= 0.3 is 12.5 Å². The van der Waals surface area contributed by atoms with Gasteiger partial charge in [0, 0.05) is 38.3 Å². The first-order valence-corrected chi connectivity index (χ1v) is 11.6. The lowest BCUT2D eigenvalue weighted by Crippen LogP contribution is -2.47. The Morgan fingerprint density at radius 2 is 1.95 bits per heavy atom. The van der Waals surface area contributed by atoms with Gasteiger partial charge < -0.3 is 20.3 Å². The van der Waals surface area contributed by atoms with Gasteiger partial charge in [0.2, 0.25) is 0 Å². The van der Waals surface area contributed by atoms with E-state index in [0.29, 0.717) is 12.2 Å². The molecule has 0 spiro atoms. The third-order valence-electron chi connectivity index (χ3n) is 5.83. The number of aromatic amines is 1. The Morgan fingerprint density at radius 3 is 2.63 bits per heavy atom. The number of benzene rings is 1. The van der Waals surface area contributed by atoms with Gasteiger partial charge in [-0.05, 0) is 0 Å². The summed E-state index contributed by atoms with van der Waals surface area (Å²) in [7, 11) is 0. The summed E-state index contributed by atoms with van der Waals surface area (Å²) < 4.78 is 59.8. The van der Waals surface area contributed by atoms with Crippen LogP contribution >= 0.6 is 0 Å². The molecule has 3 heterocycles. The smallest absolute Gasteiger partial charge is 0.414 e. The molecule has 2 aliphatic heterocycles. The molecule has 0 bridgehead atoms. The number of halogens is 4. The zero-order valence-electron chi connectivity index (χ0n) is 19.9. The number of hydrazine groups is 1. The van der Waals surface area contributed by atoms with Gasteiger partial charge in [0.1, 0.15) is 11.8 Å². The molecule has 2 fully saturated rings. The third kappa shape index (κ3) is 6.46. The first-order valence-electron chi connectivity index (χ1n) is 11.6. The van der Waals surface area contributed by atoms with Crippen molar-refractivity contribution in [3.8, 4) is 0 Å². The molecule has 1 aromatic carbocycles. The summed E-state index contributed by atoms with van der Waals surface area (Å²) in [6.45, 7) is 0.483. The first-order chi connectivity index (χ1) is 18.2. The van der Waals surface area contributed by atoms with E-state index < -0.39 is 36.2 Å². The van der Waals surface area contributed by atoms with Crippen molar-refractivity contribution in [3.05, 3.63) is 35.7 Å². The molecular formula is C21H25F4N9O4. The minimum Gasteiger partial charge on any atom is -0.442 e. The number of H-pyrrole nitrogens is 1. The van der Waals surface area contributed by atoms with Crippen LogP contribution in [-0.4, -0.2) is 96.7 Å². The van der Waals surface area contributed by atoms with E-state index in [9.17, 15) is 23.2 Å². The maximum absolute atomic E-state index is 15.1. The lowest BCUT2D eigenvalue weighted by atomic mass is 10.2. The summed E-state index contributed by atoms with van der Waals surface area (Å²) in [4.78, 5) is 38.1. The number of carbonyl (C=O) groups is 3. The molecule has 206 valence electrons. The molecule has 13 nitrogen and oxygen atoms in total. The molecule has 0 saturated carbocycles. The fourth-order valence-corrected chi connectivity index (χ4v) is 4.01. The molecule has 1 aromatic heterocycles. The van der Waals surface area contributed by atoms with Crippen molar-refractivity contribution < 1.29 is 36.7 Å². The number of ether oxygens (including phenoxy) is 1. The summed E-state index contributed by atoms with van der Waals surface area (Å²) in [5.74, 6) is -3.65. The highest BCUT2D eigenvalue weighted by Crippen LogP contribution is 2.31. The van der Waals surface area contributed by atoms with E-state index >= 15 is 8.78 Å². The molecule has 2 aliphatic rings. The number of amides is 3. The van der Waals surface area contributed by atoms with Gasteiger partial charge in [-0.2, -0.15) is 24.2 Å². The zero-order valence-corrected chi connectivity index (χ0v) is 19.9. The van der Waals surface area contributed by atoms with Crippen molar-refractivity contribution in [2.24, 2.45) is 0 Å². The highest BCUT2D eigenvalue weighted by atomic mass is 19.3. The van der Waals surface area contributed by atoms with E-state index in [1.165, 1.54) is 16.1 Å². The van der Waals surface area contributed by atoms with Crippen molar-refractivity contribution in [2.75, 3.05) is 55.6 Å². The second-order valence-corrected chi connectivity index (χ2v) is 8.43. The van der Waals surface area contributed by atoms with Crippen LogP contribution in [0.1, 0.15) is 5.69 Å². The molecule has 0 radical (unpaired) electrons. The van der Waals surface area contributed by atoms with Crippen molar-refractivity contribution in [3.63, 3.8) is 0 Å². The van der Waals surface area contributed by atoms with Crippen molar-refractivity contribution in [1.29, 1.82) is 0 Å². The van der Waals surface area contributed by atoms with E-state index in [0.717, 1.165) is 17.0 Å². The maximum Gasteiger partial charge on any atom is 0.414 e. The summed E-state index contributed by atoms with van der Waals surface area (Å²) in [5.41, 5.74) is 3.13. The quantitative estimate of drug-likeness (QED) is 0.314. The fraction of sp³-hybridized carbons (Fsp3) is 0.476. The minimum atomic E-state index is -3.22. The van der Waals surface area contributed by atoms with E-state index in [1.807, 2.05) is 5.32 Å². The molecule has 17 heteroatoms. The van der Waals surface area contributed by atoms with Crippen molar-refractivity contribution >= 4 is 29.3 Å². The highest BCUT2D eigenvalue weighted by molar-refractivity contribution is 5.90. The zero-order chi connectivity index (χ0) is 27.2. The Balaban J connectivity index is 1.34. The lowest BCUT2D eigenvalue weighted by molar-refractivity contribution is -0.133. The molecule has 0 aliphatic carbocycles. The van der Waals surface area contributed by atoms with E-state index in [4.69, 9.17) is 4.74 Å². The molecule has 38 heavy (non-hydrogen) atoms. The molecule has 2 aromatic rings. The maximum atomic E-state index is 15.1. The van der Waals surface area contributed by atoms with Crippen LogP contribution in [0.25, 0.3) is 0 Å². The number of alkyl halides is 2. The number of aromatic nitrogens is 3. The van der Waals surface area contributed by atoms with Gasteiger partial charge in [-0.1, -0.05) is 0 Å². The number of nitrogens with one attached hydrogen (secondary N) is 4. The Hall–Kier alpha value is -3.99. The van der Waals surface area contributed by atoms with Crippen LogP contribution in [0, 0.1) is 11.6 Å². The third-order valence-corrected chi connectivity index (χ3v) is 5.83. The second-order valence-electron chi connectivity index (χ2n) is 8.43. The number of hydrogen-bond acceptors (Lipinski definition) is 9. The Morgan fingerprint density at radius 1 is 1.18 bits per heavy atom. The summed E-state index contributed by atoms with van der Waals surface area (Å²) >= 11 is 0. The Labute approximate surface area is 213 Å². The van der Waals surface area contributed by atoms with Crippen LogP contribution in [0.3, 0.4) is 0 Å². The van der Waals surface area contributed by atoms with Gasteiger partial charge in [0.15, 0.2) is 11.6 Å². The SMILES string of the molecule is O=C(NC[C@H]1CN(c2cc(F)c(N3CCNN(C(=O)CNCc4cn[nH]n4)CC3)c(F)c2)C(=O)O1)C(F)F. The van der Waals surface area contributed by atoms with Gasteiger partial charge in [-0.25, -0.2) is 19.0 Å². The minimum absolute atomic E-state index is 0.00995. The van der Waals surface area contributed by atoms with Crippen LogP contribution < -0.4 is 25.9 Å². The van der Waals surface area contributed by atoms with Crippen LogP contribution in [-0.2, 0) is 20.9 Å². The predicted octanol–water partition coefficient (Wildman–Crippen LogP) is -0.268. The largest absolute Gasteiger partial charge is 0.442 e. The Kier molecular flexibility index (Phi) is 8.57. The molecule has 1 atom stereocenters. The van der Waals surface area contributed by atoms with Crippen molar-refractivity contribution in [1.82, 2.24) is 36.5 Å². The van der Waals surface area contributed by atoms with E-state index in [-0.39, 0.29) is 63.1 Å². The Bertz CT molecular complexity index is 1130. The highest BCUT2D eigenvalue weighted by Gasteiger charge is 2.34. The summed E-state index contributed by atoms with van der Waals surface area (Å²) in [5, 5.41) is 16.3. The summed E-state index contributed by atoms with van der Waals surface area (Å²) in [6.07, 6.45) is -3.60. The van der Waals surface area contributed by atoms with Crippen LogP contribution in [0.4, 0.5) is 33.7 Å². The standard InChI is InChI=1S/C21H25F4N9O4/c22-15-5-13(33-11-14(38-21(33)37)9-27-20(36)19(24)25)6-16(23)18(15)32-2-1-29-34(4-3-32)17(35)10-26-7-12-8-28-31-30-12/h5-6,8,14,19,26,29H,1-4,7,9-11H2,(H,27,36)(H,28,30,31)/t14-/m0/s1. The number of carbonyl (C=O) groups excluding carboxylic acids is 3. The number of cyclic esters (lactones) is 1.